The lowest BCUT2D eigenvalue weighted by molar-refractivity contribution is -0.402. The molecule has 2 rings (SSSR count). The van der Waals surface area contributed by atoms with E-state index in [2.05, 4.69) is 15.9 Å². The van der Waals surface area contributed by atoms with E-state index in [0.29, 0.717) is 11.5 Å². The summed E-state index contributed by atoms with van der Waals surface area (Å²) in [5.74, 6) is 0.0481. The molecule has 0 aliphatic carbocycles. The van der Waals surface area contributed by atoms with Gasteiger partial charge < -0.3 is 10.2 Å². The predicted octanol–water partition coefficient (Wildman–Crippen LogP) is 3.41. The molecular formula is C12H9BrN2O3. The average Bonchev–Trinajstić information content (AvgIpc) is 2.78. The van der Waals surface area contributed by atoms with E-state index in [1.54, 1.807) is 6.08 Å². The van der Waals surface area contributed by atoms with Crippen LogP contribution in [0.5, 0.6) is 0 Å². The maximum atomic E-state index is 10.5. The first-order valence-corrected chi connectivity index (χ1v) is 5.83. The number of nitro groups is 1. The molecule has 92 valence electrons. The van der Waals surface area contributed by atoms with Gasteiger partial charge >= 0.3 is 5.88 Å². The summed E-state index contributed by atoms with van der Waals surface area (Å²) in [5, 5.41) is 10.5. The molecule has 1 heterocycles. The summed E-state index contributed by atoms with van der Waals surface area (Å²) < 4.78 is 5.95. The molecule has 0 spiro atoms. The van der Waals surface area contributed by atoms with Crippen LogP contribution in [0.2, 0.25) is 0 Å². The summed E-state index contributed by atoms with van der Waals surface area (Å²) in [6.45, 7) is 0. The predicted molar refractivity (Wildman–Crippen MR) is 71.6 cm³/mol. The van der Waals surface area contributed by atoms with Gasteiger partial charge in [-0.15, -0.1) is 0 Å². The maximum absolute atomic E-state index is 10.5. The lowest BCUT2D eigenvalue weighted by Gasteiger charge is -2.00. The van der Waals surface area contributed by atoms with Crippen LogP contribution in [0.15, 0.2) is 45.3 Å². The van der Waals surface area contributed by atoms with Gasteiger partial charge in [0.05, 0.1) is 6.07 Å². The van der Waals surface area contributed by atoms with Crippen LogP contribution in [-0.2, 0) is 0 Å². The molecule has 0 amide bonds. The van der Waals surface area contributed by atoms with E-state index in [4.69, 9.17) is 10.2 Å². The Bertz CT molecular complexity index is 602. The van der Waals surface area contributed by atoms with Crippen molar-refractivity contribution in [3.63, 3.8) is 0 Å². The van der Waals surface area contributed by atoms with E-state index in [9.17, 15) is 10.1 Å². The number of furan rings is 1. The third kappa shape index (κ3) is 2.78. The van der Waals surface area contributed by atoms with Gasteiger partial charge in [0.2, 0.25) is 0 Å². The first kappa shape index (κ1) is 12.4. The number of hydrogen-bond donors (Lipinski definition) is 1. The molecule has 0 bridgehead atoms. The van der Waals surface area contributed by atoms with Crippen molar-refractivity contribution in [1.29, 1.82) is 0 Å². The van der Waals surface area contributed by atoms with Gasteiger partial charge in [0, 0.05) is 16.2 Å². The minimum absolute atomic E-state index is 0.301. The third-order valence-corrected chi connectivity index (χ3v) is 2.80. The second-order valence-corrected chi connectivity index (χ2v) is 4.46. The number of nitrogens with two attached hydrogens (primary N) is 1. The normalized spacial score (nSPS) is 11.5. The summed E-state index contributed by atoms with van der Waals surface area (Å²) in [6.07, 6.45) is 1.55. The quantitative estimate of drug-likeness (QED) is 0.695. The lowest BCUT2D eigenvalue weighted by Crippen LogP contribution is -1.95. The molecule has 2 aromatic rings. The molecular weight excluding hydrogens is 300 g/mol. The number of halogens is 1. The molecule has 1 aromatic heterocycles. The molecule has 0 unspecified atom stereocenters. The van der Waals surface area contributed by atoms with Gasteiger partial charge in [0.1, 0.15) is 10.7 Å². The Balaban J connectivity index is 2.26. The van der Waals surface area contributed by atoms with Gasteiger partial charge in [0.25, 0.3) is 0 Å². The van der Waals surface area contributed by atoms with Gasteiger partial charge in [-0.2, -0.15) is 0 Å². The van der Waals surface area contributed by atoms with Crippen LogP contribution in [0.25, 0.3) is 11.8 Å². The minimum atomic E-state index is -0.590. The van der Waals surface area contributed by atoms with Crippen LogP contribution >= 0.6 is 15.9 Å². The summed E-state index contributed by atoms with van der Waals surface area (Å²) >= 11 is 3.33. The molecule has 18 heavy (non-hydrogen) atoms. The first-order valence-electron chi connectivity index (χ1n) is 5.03. The van der Waals surface area contributed by atoms with Crippen molar-refractivity contribution < 1.29 is 9.34 Å². The molecule has 0 saturated carbocycles. The molecule has 0 aliphatic heterocycles. The standard InChI is InChI=1S/C12H9BrN2O3/c13-9-3-1-8(2-4-9)11(14)7-10-5-6-12(18-10)15(16)17/h1-7H,14H2/b11-7+. The monoisotopic (exact) mass is 308 g/mol. The number of nitrogens with zero attached hydrogens (tertiary/aromatic N) is 1. The molecule has 0 saturated heterocycles. The highest BCUT2D eigenvalue weighted by Crippen LogP contribution is 2.20. The fourth-order valence-corrected chi connectivity index (χ4v) is 1.66. The number of benzene rings is 1. The Hall–Kier alpha value is -2.08. The van der Waals surface area contributed by atoms with E-state index in [1.807, 2.05) is 24.3 Å². The zero-order valence-corrected chi connectivity index (χ0v) is 10.8. The van der Waals surface area contributed by atoms with Crippen LogP contribution < -0.4 is 5.73 Å². The van der Waals surface area contributed by atoms with Crippen molar-refractivity contribution in [1.82, 2.24) is 0 Å². The van der Waals surface area contributed by atoms with Gasteiger partial charge in [-0.3, -0.25) is 10.1 Å². The van der Waals surface area contributed by atoms with Crippen LogP contribution in [0.3, 0.4) is 0 Å². The van der Waals surface area contributed by atoms with Crippen molar-refractivity contribution in [2.24, 2.45) is 5.73 Å². The van der Waals surface area contributed by atoms with Crippen molar-refractivity contribution >= 4 is 33.6 Å². The zero-order chi connectivity index (χ0) is 13.1. The highest BCUT2D eigenvalue weighted by atomic mass is 79.9. The second kappa shape index (κ2) is 5.05. The molecule has 1 aromatic carbocycles. The Morgan fingerprint density at radius 2 is 1.94 bits per heavy atom. The molecule has 6 heteroatoms. The van der Waals surface area contributed by atoms with Crippen molar-refractivity contribution in [3.8, 4) is 0 Å². The van der Waals surface area contributed by atoms with E-state index >= 15 is 0 Å². The summed E-state index contributed by atoms with van der Waals surface area (Å²) in [5.41, 5.74) is 7.17. The van der Waals surface area contributed by atoms with Crippen molar-refractivity contribution in [2.45, 2.75) is 0 Å². The van der Waals surface area contributed by atoms with E-state index < -0.39 is 4.92 Å². The van der Waals surface area contributed by atoms with Gasteiger partial charge in [-0.1, -0.05) is 28.1 Å². The van der Waals surface area contributed by atoms with E-state index in [-0.39, 0.29) is 5.88 Å². The van der Waals surface area contributed by atoms with Gasteiger partial charge in [-0.05, 0) is 23.8 Å². The first-order chi connectivity index (χ1) is 8.56. The fourth-order valence-electron chi connectivity index (χ4n) is 1.40. The Labute approximate surface area is 111 Å². The van der Waals surface area contributed by atoms with Crippen molar-refractivity contribution in [3.05, 3.63) is 62.3 Å². The van der Waals surface area contributed by atoms with Gasteiger partial charge in [0.15, 0.2) is 0 Å². The third-order valence-electron chi connectivity index (χ3n) is 2.27. The summed E-state index contributed by atoms with van der Waals surface area (Å²) in [7, 11) is 0. The Morgan fingerprint density at radius 3 is 2.50 bits per heavy atom. The Kier molecular flexibility index (Phi) is 3.47. The van der Waals surface area contributed by atoms with Crippen molar-refractivity contribution in [2.75, 3.05) is 0 Å². The molecule has 5 nitrogen and oxygen atoms in total. The number of rotatable bonds is 3. The smallest absolute Gasteiger partial charge is 0.401 e. The Morgan fingerprint density at radius 1 is 1.28 bits per heavy atom. The van der Waals surface area contributed by atoms with Gasteiger partial charge in [-0.25, -0.2) is 0 Å². The van der Waals surface area contributed by atoms with E-state index in [0.717, 1.165) is 10.0 Å². The fraction of sp³-hybridized carbons (Fsp3) is 0. The van der Waals surface area contributed by atoms with Crippen LogP contribution in [0.1, 0.15) is 11.3 Å². The maximum Gasteiger partial charge on any atom is 0.433 e. The summed E-state index contributed by atoms with van der Waals surface area (Å²) in [6, 6.07) is 10.2. The molecule has 0 radical (unpaired) electrons. The lowest BCUT2D eigenvalue weighted by atomic mass is 10.1. The molecule has 0 fully saturated rings. The highest BCUT2D eigenvalue weighted by molar-refractivity contribution is 9.10. The van der Waals surface area contributed by atoms with Crippen LogP contribution in [0, 0.1) is 10.1 Å². The SMILES string of the molecule is N/C(=C/c1ccc([N+](=O)[O-])o1)c1ccc(Br)cc1. The zero-order valence-electron chi connectivity index (χ0n) is 9.17. The van der Waals surface area contributed by atoms with Crippen LogP contribution in [0.4, 0.5) is 5.88 Å². The van der Waals surface area contributed by atoms with E-state index in [1.165, 1.54) is 12.1 Å². The second-order valence-electron chi connectivity index (χ2n) is 3.54. The summed E-state index contributed by atoms with van der Waals surface area (Å²) in [4.78, 5) is 9.87. The topological polar surface area (TPSA) is 82.3 Å². The largest absolute Gasteiger partial charge is 0.433 e. The minimum Gasteiger partial charge on any atom is -0.401 e. The molecule has 0 atom stereocenters. The highest BCUT2D eigenvalue weighted by Gasteiger charge is 2.10. The molecule has 0 aliphatic rings. The average molecular weight is 309 g/mol. The number of hydrogen-bond acceptors (Lipinski definition) is 4. The van der Waals surface area contributed by atoms with Crippen LogP contribution in [-0.4, -0.2) is 4.92 Å². The molecule has 2 N–H and O–H groups in total.